The highest BCUT2D eigenvalue weighted by atomic mass is 14.9. The molecule has 4 aromatic rings. The largest absolute Gasteiger partial charge is 0.229 e. The zero-order chi connectivity index (χ0) is 17.6. The summed E-state index contributed by atoms with van der Waals surface area (Å²) in [6.07, 6.45) is 4.11. The van der Waals surface area contributed by atoms with Crippen LogP contribution in [0.5, 0.6) is 0 Å². The van der Waals surface area contributed by atoms with E-state index in [2.05, 4.69) is 30.3 Å². The van der Waals surface area contributed by atoms with Crippen LogP contribution in [0.25, 0.3) is 34.8 Å². The summed E-state index contributed by atoms with van der Waals surface area (Å²) in [5, 5.41) is 0. The zero-order valence-corrected chi connectivity index (χ0v) is 14.3. The first-order valence-corrected chi connectivity index (χ1v) is 8.61. The lowest BCUT2D eigenvalue weighted by atomic mass is 10.1. The number of nitrogens with zero attached hydrogens (tertiary/aromatic N) is 2. The predicted molar refractivity (Wildman–Crippen MR) is 108 cm³/mol. The second-order valence-electron chi connectivity index (χ2n) is 5.98. The van der Waals surface area contributed by atoms with Gasteiger partial charge in [-0.15, -0.1) is 0 Å². The molecule has 0 spiro atoms. The molecule has 1 heterocycles. The number of aromatic nitrogens is 2. The van der Waals surface area contributed by atoms with Gasteiger partial charge in [0.05, 0.1) is 11.4 Å². The molecule has 124 valence electrons. The Balaban J connectivity index is 1.79. The van der Waals surface area contributed by atoms with Crippen molar-refractivity contribution in [3.63, 3.8) is 0 Å². The lowest BCUT2D eigenvalue weighted by Crippen LogP contribution is -1.95. The van der Waals surface area contributed by atoms with Gasteiger partial charge in [-0.3, -0.25) is 0 Å². The smallest absolute Gasteiger partial charge is 0.160 e. The predicted octanol–water partition coefficient (Wildman–Crippen LogP) is 5.98. The molecule has 0 bridgehead atoms. The van der Waals surface area contributed by atoms with Crippen molar-refractivity contribution in [2.24, 2.45) is 0 Å². The van der Waals surface area contributed by atoms with Gasteiger partial charge in [0.2, 0.25) is 0 Å². The molecule has 0 N–H and O–H groups in total. The summed E-state index contributed by atoms with van der Waals surface area (Å²) in [7, 11) is 0. The van der Waals surface area contributed by atoms with E-state index in [0.717, 1.165) is 33.9 Å². The molecule has 0 saturated heterocycles. The molecular formula is C24H18N2. The van der Waals surface area contributed by atoms with Gasteiger partial charge in [0.25, 0.3) is 0 Å². The molecule has 0 aliphatic heterocycles. The van der Waals surface area contributed by atoms with Gasteiger partial charge in [-0.2, -0.15) is 0 Å². The Bertz CT molecular complexity index is 950. The first-order valence-electron chi connectivity index (χ1n) is 8.61. The van der Waals surface area contributed by atoms with Crippen LogP contribution in [0.1, 0.15) is 11.3 Å². The summed E-state index contributed by atoms with van der Waals surface area (Å²) in [4.78, 5) is 9.53. The minimum atomic E-state index is 0.736. The molecule has 3 aromatic carbocycles. The van der Waals surface area contributed by atoms with Crippen LogP contribution in [0.4, 0.5) is 0 Å². The van der Waals surface area contributed by atoms with Gasteiger partial charge in [0.1, 0.15) is 0 Å². The van der Waals surface area contributed by atoms with E-state index in [4.69, 9.17) is 9.97 Å². The number of rotatable bonds is 4. The molecular weight excluding hydrogens is 316 g/mol. The fourth-order valence-electron chi connectivity index (χ4n) is 2.77. The average Bonchev–Trinajstić information content (AvgIpc) is 2.74. The number of hydrogen-bond donors (Lipinski definition) is 0. The van der Waals surface area contributed by atoms with Gasteiger partial charge < -0.3 is 0 Å². The molecule has 0 amide bonds. The van der Waals surface area contributed by atoms with Gasteiger partial charge in [0, 0.05) is 11.1 Å². The van der Waals surface area contributed by atoms with Crippen LogP contribution in [0.2, 0.25) is 0 Å². The van der Waals surface area contributed by atoms with Gasteiger partial charge in [0.15, 0.2) is 5.82 Å². The van der Waals surface area contributed by atoms with Crippen LogP contribution in [-0.2, 0) is 0 Å². The maximum Gasteiger partial charge on any atom is 0.160 e. The van der Waals surface area contributed by atoms with E-state index in [9.17, 15) is 0 Å². The summed E-state index contributed by atoms with van der Waals surface area (Å²) in [5.41, 5.74) is 5.06. The molecule has 26 heavy (non-hydrogen) atoms. The summed E-state index contributed by atoms with van der Waals surface area (Å²) in [6.45, 7) is 0. The SMILES string of the molecule is C(=Cc1cc(-c2ccccc2)nc(-c2ccccc2)n1)c1ccccc1. The summed E-state index contributed by atoms with van der Waals surface area (Å²) >= 11 is 0. The van der Waals surface area contributed by atoms with Gasteiger partial charge in [-0.05, 0) is 17.7 Å². The fraction of sp³-hybridized carbons (Fsp3) is 0. The third-order valence-corrected chi connectivity index (χ3v) is 4.09. The van der Waals surface area contributed by atoms with Crippen LogP contribution < -0.4 is 0 Å². The van der Waals surface area contributed by atoms with E-state index in [0.29, 0.717) is 0 Å². The van der Waals surface area contributed by atoms with Gasteiger partial charge in [-0.1, -0.05) is 97.1 Å². The monoisotopic (exact) mass is 334 g/mol. The van der Waals surface area contributed by atoms with Crippen LogP contribution in [-0.4, -0.2) is 9.97 Å². The van der Waals surface area contributed by atoms with Crippen LogP contribution in [0.3, 0.4) is 0 Å². The highest BCUT2D eigenvalue weighted by Crippen LogP contribution is 2.23. The summed E-state index contributed by atoms with van der Waals surface area (Å²) < 4.78 is 0. The Kier molecular flexibility index (Phi) is 4.66. The molecule has 0 unspecified atom stereocenters. The quantitative estimate of drug-likeness (QED) is 0.459. The van der Waals surface area contributed by atoms with Crippen molar-refractivity contribution in [1.82, 2.24) is 9.97 Å². The minimum Gasteiger partial charge on any atom is -0.229 e. The molecule has 2 heteroatoms. The lowest BCUT2D eigenvalue weighted by molar-refractivity contribution is 1.16. The first kappa shape index (κ1) is 16.0. The maximum absolute atomic E-state index is 4.78. The zero-order valence-electron chi connectivity index (χ0n) is 14.3. The Morgan fingerprint density at radius 2 is 1.12 bits per heavy atom. The fourth-order valence-corrected chi connectivity index (χ4v) is 2.77. The molecule has 0 saturated carbocycles. The van der Waals surface area contributed by atoms with Crippen molar-refractivity contribution in [3.8, 4) is 22.6 Å². The highest BCUT2D eigenvalue weighted by Gasteiger charge is 2.07. The van der Waals surface area contributed by atoms with Crippen LogP contribution in [0.15, 0.2) is 97.1 Å². The second-order valence-corrected chi connectivity index (χ2v) is 5.98. The summed E-state index contributed by atoms with van der Waals surface area (Å²) in [6, 6.07) is 32.6. The molecule has 1 aromatic heterocycles. The maximum atomic E-state index is 4.78. The first-order chi connectivity index (χ1) is 12.9. The second kappa shape index (κ2) is 7.58. The molecule has 0 aliphatic rings. The lowest BCUT2D eigenvalue weighted by Gasteiger charge is -2.07. The van der Waals surface area contributed by atoms with Crippen LogP contribution >= 0.6 is 0 Å². The van der Waals surface area contributed by atoms with E-state index < -0.39 is 0 Å². The standard InChI is InChI=1S/C24H18N2/c1-4-10-19(11-5-1)16-17-22-18-23(20-12-6-2-7-13-20)26-24(25-22)21-14-8-3-9-15-21/h1-18H. The summed E-state index contributed by atoms with van der Waals surface area (Å²) in [5.74, 6) is 0.736. The molecule has 0 fully saturated rings. The Morgan fingerprint density at radius 3 is 1.77 bits per heavy atom. The van der Waals surface area contributed by atoms with Gasteiger partial charge >= 0.3 is 0 Å². The van der Waals surface area contributed by atoms with Crippen molar-refractivity contribution < 1.29 is 0 Å². The van der Waals surface area contributed by atoms with Crippen molar-refractivity contribution in [3.05, 3.63) is 108 Å². The van der Waals surface area contributed by atoms with E-state index in [1.807, 2.05) is 78.9 Å². The van der Waals surface area contributed by atoms with Crippen molar-refractivity contribution in [2.75, 3.05) is 0 Å². The van der Waals surface area contributed by atoms with E-state index in [-0.39, 0.29) is 0 Å². The molecule has 0 atom stereocenters. The third-order valence-electron chi connectivity index (χ3n) is 4.09. The average molecular weight is 334 g/mol. The van der Waals surface area contributed by atoms with Gasteiger partial charge in [-0.25, -0.2) is 9.97 Å². The Morgan fingerprint density at radius 1 is 0.538 bits per heavy atom. The van der Waals surface area contributed by atoms with Crippen molar-refractivity contribution in [2.45, 2.75) is 0 Å². The third kappa shape index (κ3) is 3.76. The normalized spacial score (nSPS) is 10.9. The molecule has 0 aliphatic carbocycles. The highest BCUT2D eigenvalue weighted by molar-refractivity contribution is 5.72. The number of hydrogen-bond acceptors (Lipinski definition) is 2. The van der Waals surface area contributed by atoms with E-state index in [1.165, 1.54) is 0 Å². The topological polar surface area (TPSA) is 25.8 Å². The van der Waals surface area contributed by atoms with E-state index >= 15 is 0 Å². The minimum absolute atomic E-state index is 0.736. The Labute approximate surface area is 153 Å². The van der Waals surface area contributed by atoms with Crippen molar-refractivity contribution in [1.29, 1.82) is 0 Å². The number of benzene rings is 3. The molecule has 4 rings (SSSR count). The molecule has 2 nitrogen and oxygen atoms in total. The molecule has 0 radical (unpaired) electrons. The van der Waals surface area contributed by atoms with E-state index in [1.54, 1.807) is 0 Å². The van der Waals surface area contributed by atoms with Crippen LogP contribution in [0, 0.1) is 0 Å². The van der Waals surface area contributed by atoms with Crippen molar-refractivity contribution >= 4 is 12.2 Å². The Hall–Kier alpha value is -3.52.